The zero-order valence-electron chi connectivity index (χ0n) is 12.2. The van der Waals surface area contributed by atoms with E-state index in [-0.39, 0.29) is 11.8 Å². The van der Waals surface area contributed by atoms with Gasteiger partial charge in [-0.3, -0.25) is 14.5 Å². The van der Waals surface area contributed by atoms with Crippen LogP contribution in [0, 0.1) is 5.92 Å². The molecule has 6 heteroatoms. The van der Waals surface area contributed by atoms with E-state index in [9.17, 15) is 9.59 Å². The van der Waals surface area contributed by atoms with Crippen LogP contribution in [0.15, 0.2) is 22.7 Å². The van der Waals surface area contributed by atoms with Crippen LogP contribution in [0.1, 0.15) is 27.2 Å². The standard InChI is InChI=1S/C15H18BrClN2O2/c1-8(2)6-12-15(21)19(9(3)14(20)18-12)13-5-4-10(17)7-11(13)16/h4-5,7-9,12H,6H2,1-3H3,(H,18,20). The number of anilines is 1. The number of nitrogens with one attached hydrogen (secondary N) is 1. The largest absolute Gasteiger partial charge is 0.342 e. The first kappa shape index (κ1) is 16.3. The molecule has 2 unspecified atom stereocenters. The lowest BCUT2D eigenvalue weighted by atomic mass is 9.98. The van der Waals surface area contributed by atoms with Gasteiger partial charge in [-0.25, -0.2) is 0 Å². The summed E-state index contributed by atoms with van der Waals surface area (Å²) >= 11 is 9.36. The molecule has 1 fully saturated rings. The molecule has 1 saturated heterocycles. The van der Waals surface area contributed by atoms with E-state index in [2.05, 4.69) is 21.2 Å². The Morgan fingerprint density at radius 2 is 2.05 bits per heavy atom. The Morgan fingerprint density at radius 3 is 2.62 bits per heavy atom. The number of carbonyl (C=O) groups is 2. The van der Waals surface area contributed by atoms with Gasteiger partial charge in [-0.05, 0) is 53.4 Å². The van der Waals surface area contributed by atoms with Crippen LogP contribution in [-0.2, 0) is 9.59 Å². The molecule has 1 heterocycles. The summed E-state index contributed by atoms with van der Waals surface area (Å²) in [5.41, 5.74) is 0.667. The summed E-state index contributed by atoms with van der Waals surface area (Å²) < 4.78 is 0.702. The first-order valence-corrected chi connectivity index (χ1v) is 8.07. The average molecular weight is 374 g/mol. The molecule has 1 aromatic carbocycles. The van der Waals surface area contributed by atoms with E-state index in [4.69, 9.17) is 11.6 Å². The molecule has 0 saturated carbocycles. The van der Waals surface area contributed by atoms with Gasteiger partial charge < -0.3 is 5.32 Å². The number of benzene rings is 1. The van der Waals surface area contributed by atoms with Gasteiger partial charge in [0.2, 0.25) is 11.8 Å². The second-order valence-corrected chi connectivity index (χ2v) is 6.96. The fourth-order valence-corrected chi connectivity index (χ4v) is 3.34. The molecular weight excluding hydrogens is 356 g/mol. The van der Waals surface area contributed by atoms with Crippen molar-refractivity contribution in [3.8, 4) is 0 Å². The fraction of sp³-hybridized carbons (Fsp3) is 0.467. The van der Waals surface area contributed by atoms with Crippen molar-refractivity contribution in [2.75, 3.05) is 4.90 Å². The highest BCUT2D eigenvalue weighted by atomic mass is 79.9. The van der Waals surface area contributed by atoms with Crippen molar-refractivity contribution in [1.82, 2.24) is 5.32 Å². The SMILES string of the molecule is CC(C)CC1NC(=O)C(C)N(c2ccc(Cl)cc2Br)C1=O. The highest BCUT2D eigenvalue weighted by molar-refractivity contribution is 9.10. The van der Waals surface area contributed by atoms with Gasteiger partial charge in [-0.2, -0.15) is 0 Å². The van der Waals surface area contributed by atoms with Crippen molar-refractivity contribution in [3.63, 3.8) is 0 Å². The van der Waals surface area contributed by atoms with Crippen molar-refractivity contribution in [1.29, 1.82) is 0 Å². The normalized spacial score (nSPS) is 22.7. The molecule has 1 aromatic rings. The minimum absolute atomic E-state index is 0.0844. The summed E-state index contributed by atoms with van der Waals surface area (Å²) in [4.78, 5) is 26.4. The Hall–Kier alpha value is -1.07. The van der Waals surface area contributed by atoms with E-state index in [1.54, 1.807) is 30.0 Å². The van der Waals surface area contributed by atoms with Crippen LogP contribution in [0.4, 0.5) is 5.69 Å². The fourth-order valence-electron chi connectivity index (χ4n) is 2.47. The van der Waals surface area contributed by atoms with Gasteiger partial charge in [0.05, 0.1) is 5.69 Å². The predicted molar refractivity (Wildman–Crippen MR) is 87.5 cm³/mol. The molecule has 0 spiro atoms. The van der Waals surface area contributed by atoms with Gasteiger partial charge in [0, 0.05) is 9.50 Å². The highest BCUT2D eigenvalue weighted by Gasteiger charge is 2.39. The number of hydrogen-bond acceptors (Lipinski definition) is 2. The van der Waals surface area contributed by atoms with Crippen LogP contribution in [-0.4, -0.2) is 23.9 Å². The molecule has 2 rings (SSSR count). The van der Waals surface area contributed by atoms with Gasteiger partial charge >= 0.3 is 0 Å². The number of nitrogens with zero attached hydrogens (tertiary/aromatic N) is 1. The molecule has 2 amide bonds. The third kappa shape index (κ3) is 3.40. The lowest BCUT2D eigenvalue weighted by Gasteiger charge is -2.38. The molecule has 4 nitrogen and oxygen atoms in total. The summed E-state index contributed by atoms with van der Waals surface area (Å²) in [6.07, 6.45) is 0.624. The summed E-state index contributed by atoms with van der Waals surface area (Å²) in [7, 11) is 0. The summed E-state index contributed by atoms with van der Waals surface area (Å²) in [5, 5.41) is 3.38. The number of halogens is 2. The van der Waals surface area contributed by atoms with Gasteiger partial charge in [0.15, 0.2) is 0 Å². The van der Waals surface area contributed by atoms with E-state index >= 15 is 0 Å². The maximum atomic E-state index is 12.7. The van der Waals surface area contributed by atoms with Gasteiger partial charge in [0.1, 0.15) is 12.1 Å². The molecule has 0 radical (unpaired) electrons. The molecule has 0 aromatic heterocycles. The zero-order chi connectivity index (χ0) is 15.7. The number of piperazine rings is 1. The maximum absolute atomic E-state index is 12.7. The summed E-state index contributed by atoms with van der Waals surface area (Å²) in [6.45, 7) is 5.78. The summed E-state index contributed by atoms with van der Waals surface area (Å²) in [5.74, 6) is 0.101. The third-order valence-electron chi connectivity index (χ3n) is 3.50. The first-order valence-electron chi connectivity index (χ1n) is 6.89. The topological polar surface area (TPSA) is 49.4 Å². The van der Waals surface area contributed by atoms with Crippen molar-refractivity contribution < 1.29 is 9.59 Å². The third-order valence-corrected chi connectivity index (χ3v) is 4.37. The molecular formula is C15H18BrClN2O2. The number of hydrogen-bond donors (Lipinski definition) is 1. The maximum Gasteiger partial charge on any atom is 0.250 e. The van der Waals surface area contributed by atoms with Crippen LogP contribution < -0.4 is 10.2 Å². The van der Waals surface area contributed by atoms with Crippen LogP contribution in [0.2, 0.25) is 5.02 Å². The van der Waals surface area contributed by atoms with Crippen LogP contribution in [0.3, 0.4) is 0 Å². The highest BCUT2D eigenvalue weighted by Crippen LogP contribution is 2.32. The van der Waals surface area contributed by atoms with Crippen LogP contribution >= 0.6 is 27.5 Å². The summed E-state index contributed by atoms with van der Waals surface area (Å²) in [6, 6.07) is 4.17. The minimum atomic E-state index is -0.543. The number of amides is 2. The lowest BCUT2D eigenvalue weighted by molar-refractivity contribution is -0.133. The molecule has 1 aliphatic rings. The predicted octanol–water partition coefficient (Wildman–Crippen LogP) is 3.37. The van der Waals surface area contributed by atoms with E-state index in [0.717, 1.165) is 0 Å². The van der Waals surface area contributed by atoms with Crippen LogP contribution in [0.5, 0.6) is 0 Å². The van der Waals surface area contributed by atoms with Gasteiger partial charge in [-0.1, -0.05) is 25.4 Å². The minimum Gasteiger partial charge on any atom is -0.342 e. The van der Waals surface area contributed by atoms with Crippen molar-refractivity contribution in [2.24, 2.45) is 5.92 Å². The van der Waals surface area contributed by atoms with Crippen molar-refractivity contribution >= 4 is 45.0 Å². The molecule has 21 heavy (non-hydrogen) atoms. The second-order valence-electron chi connectivity index (χ2n) is 5.67. The lowest BCUT2D eigenvalue weighted by Crippen LogP contribution is -2.63. The second kappa shape index (κ2) is 6.36. The smallest absolute Gasteiger partial charge is 0.250 e. The first-order chi connectivity index (χ1) is 9.81. The van der Waals surface area contributed by atoms with Crippen molar-refractivity contribution in [2.45, 2.75) is 39.3 Å². The number of rotatable bonds is 3. The van der Waals surface area contributed by atoms with Crippen LogP contribution in [0.25, 0.3) is 0 Å². The molecule has 2 atom stereocenters. The number of carbonyl (C=O) groups excluding carboxylic acids is 2. The van der Waals surface area contributed by atoms with E-state index in [1.807, 2.05) is 13.8 Å². The molecule has 1 N–H and O–H groups in total. The van der Waals surface area contributed by atoms with E-state index in [0.29, 0.717) is 27.5 Å². The quantitative estimate of drug-likeness (QED) is 0.883. The Bertz CT molecular complexity index is 577. The van der Waals surface area contributed by atoms with Crippen molar-refractivity contribution in [3.05, 3.63) is 27.7 Å². The Morgan fingerprint density at radius 1 is 1.38 bits per heavy atom. The molecule has 114 valence electrons. The van der Waals surface area contributed by atoms with E-state index in [1.165, 1.54) is 0 Å². The Balaban J connectivity index is 2.38. The van der Waals surface area contributed by atoms with Gasteiger partial charge in [-0.15, -0.1) is 0 Å². The van der Waals surface area contributed by atoms with E-state index < -0.39 is 12.1 Å². The Kier molecular flexibility index (Phi) is 4.94. The molecule has 1 aliphatic heterocycles. The zero-order valence-corrected chi connectivity index (χ0v) is 14.5. The Labute approximate surface area is 138 Å². The monoisotopic (exact) mass is 372 g/mol. The average Bonchev–Trinajstić information content (AvgIpc) is 2.38. The molecule has 0 aliphatic carbocycles. The molecule has 0 bridgehead atoms. The van der Waals surface area contributed by atoms with Gasteiger partial charge in [0.25, 0.3) is 0 Å².